The van der Waals surface area contributed by atoms with Gasteiger partial charge in [-0.3, -0.25) is 4.79 Å². The summed E-state index contributed by atoms with van der Waals surface area (Å²) in [7, 11) is 0. The average molecular weight is 265 g/mol. The molecule has 0 aromatic carbocycles. The maximum atomic E-state index is 12.5. The Bertz CT molecular complexity index is 383. The second kappa shape index (κ2) is 5.76. The van der Waals surface area contributed by atoms with E-state index < -0.39 is 0 Å². The molecule has 1 amide bonds. The number of likely N-dealkylation sites (tertiary alicyclic amines) is 1. The monoisotopic (exact) mass is 265 g/mol. The first-order valence-electron chi connectivity index (χ1n) is 7.17. The fourth-order valence-electron chi connectivity index (χ4n) is 3.17. The Balaban J connectivity index is 1.81. The van der Waals surface area contributed by atoms with Gasteiger partial charge in [-0.05, 0) is 26.2 Å². The van der Waals surface area contributed by atoms with Crippen molar-refractivity contribution >= 4 is 11.9 Å². The van der Waals surface area contributed by atoms with Crippen molar-refractivity contribution in [2.45, 2.75) is 45.4 Å². The van der Waals surface area contributed by atoms with Crippen molar-refractivity contribution in [2.24, 2.45) is 5.41 Å². The molecule has 0 N–H and O–H groups in total. The van der Waals surface area contributed by atoms with Gasteiger partial charge in [0.15, 0.2) is 0 Å². The zero-order valence-electron chi connectivity index (χ0n) is 11.7. The molecule has 1 heterocycles. The largest absolute Gasteiger partial charge is 0.460 e. The van der Waals surface area contributed by atoms with Crippen LogP contribution in [0.25, 0.3) is 0 Å². The molecule has 0 radical (unpaired) electrons. The van der Waals surface area contributed by atoms with Crippen LogP contribution in [0.3, 0.4) is 0 Å². The first kappa shape index (κ1) is 14.1. The summed E-state index contributed by atoms with van der Waals surface area (Å²) in [6.07, 6.45) is 6.64. The molecule has 106 valence electrons. The second-order valence-electron chi connectivity index (χ2n) is 5.80. The van der Waals surface area contributed by atoms with Gasteiger partial charge in [-0.15, -0.1) is 0 Å². The lowest BCUT2D eigenvalue weighted by atomic mass is 9.73. The summed E-state index contributed by atoms with van der Waals surface area (Å²) in [5.74, 6) is -0.0994. The van der Waals surface area contributed by atoms with E-state index in [4.69, 9.17) is 4.74 Å². The highest BCUT2D eigenvalue weighted by atomic mass is 16.5. The molecular weight excluding hydrogens is 242 g/mol. The van der Waals surface area contributed by atoms with Crippen LogP contribution in [0.2, 0.25) is 0 Å². The molecule has 1 saturated carbocycles. The molecule has 1 saturated heterocycles. The highest BCUT2D eigenvalue weighted by Crippen LogP contribution is 2.44. The third-order valence-corrected chi connectivity index (χ3v) is 4.35. The summed E-state index contributed by atoms with van der Waals surface area (Å²) >= 11 is 0. The molecule has 1 aliphatic carbocycles. The van der Waals surface area contributed by atoms with Crippen molar-refractivity contribution < 1.29 is 14.3 Å². The Kier molecular flexibility index (Phi) is 4.27. The number of amides is 1. The lowest BCUT2D eigenvalue weighted by Gasteiger charge is -2.31. The van der Waals surface area contributed by atoms with Crippen LogP contribution in [0.15, 0.2) is 12.2 Å². The minimum atomic E-state index is -0.376. The number of esters is 1. The Hall–Kier alpha value is -1.32. The van der Waals surface area contributed by atoms with Crippen molar-refractivity contribution in [3.8, 4) is 0 Å². The fourth-order valence-corrected chi connectivity index (χ4v) is 3.17. The van der Waals surface area contributed by atoms with Gasteiger partial charge in [-0.2, -0.15) is 0 Å². The Morgan fingerprint density at radius 2 is 2.00 bits per heavy atom. The van der Waals surface area contributed by atoms with E-state index in [-0.39, 0.29) is 23.9 Å². The number of nitrogens with zero attached hydrogens (tertiary/aromatic N) is 1. The van der Waals surface area contributed by atoms with Gasteiger partial charge in [0.25, 0.3) is 0 Å². The maximum Gasteiger partial charge on any atom is 0.333 e. The highest BCUT2D eigenvalue weighted by Gasteiger charge is 2.46. The van der Waals surface area contributed by atoms with Crippen LogP contribution in [-0.4, -0.2) is 36.5 Å². The zero-order chi connectivity index (χ0) is 13.9. The molecule has 0 aromatic heterocycles. The summed E-state index contributed by atoms with van der Waals surface area (Å²) in [4.78, 5) is 25.6. The number of rotatable bonds is 4. The number of hydrogen-bond acceptors (Lipinski definition) is 3. The van der Waals surface area contributed by atoms with E-state index in [1.807, 2.05) is 4.90 Å². The van der Waals surface area contributed by atoms with E-state index >= 15 is 0 Å². The van der Waals surface area contributed by atoms with Gasteiger partial charge >= 0.3 is 5.97 Å². The summed E-state index contributed by atoms with van der Waals surface area (Å²) in [6, 6.07) is 0. The summed E-state index contributed by atoms with van der Waals surface area (Å²) in [6.45, 7) is 6.75. The molecule has 0 unspecified atom stereocenters. The third kappa shape index (κ3) is 2.99. The van der Waals surface area contributed by atoms with Gasteiger partial charge in [0, 0.05) is 12.1 Å². The number of hydrogen-bond donors (Lipinski definition) is 0. The molecule has 4 nitrogen and oxygen atoms in total. The second-order valence-corrected chi connectivity index (χ2v) is 5.80. The fraction of sp³-hybridized carbons (Fsp3) is 0.733. The smallest absolute Gasteiger partial charge is 0.333 e. The highest BCUT2D eigenvalue weighted by molar-refractivity contribution is 5.87. The van der Waals surface area contributed by atoms with Gasteiger partial charge in [-0.1, -0.05) is 25.8 Å². The topological polar surface area (TPSA) is 46.6 Å². The molecule has 19 heavy (non-hydrogen) atoms. The molecule has 0 aromatic rings. The van der Waals surface area contributed by atoms with Gasteiger partial charge in [0.1, 0.15) is 6.61 Å². The third-order valence-electron chi connectivity index (χ3n) is 4.35. The first-order chi connectivity index (χ1) is 9.05. The first-order valence-corrected chi connectivity index (χ1v) is 7.17. The molecule has 2 rings (SSSR count). The van der Waals surface area contributed by atoms with Crippen LogP contribution in [0.4, 0.5) is 0 Å². The summed E-state index contributed by atoms with van der Waals surface area (Å²) in [5, 5.41) is 0. The van der Waals surface area contributed by atoms with Gasteiger partial charge < -0.3 is 9.64 Å². The van der Waals surface area contributed by atoms with Crippen molar-refractivity contribution in [3.63, 3.8) is 0 Å². The van der Waals surface area contributed by atoms with E-state index in [9.17, 15) is 9.59 Å². The van der Waals surface area contributed by atoms with Gasteiger partial charge in [0.2, 0.25) is 5.91 Å². The Morgan fingerprint density at radius 1 is 1.32 bits per heavy atom. The van der Waals surface area contributed by atoms with Crippen molar-refractivity contribution in [3.05, 3.63) is 12.2 Å². The summed E-state index contributed by atoms with van der Waals surface area (Å²) in [5.41, 5.74) is 0.313. The van der Waals surface area contributed by atoms with E-state index in [1.165, 1.54) is 19.3 Å². The molecule has 2 fully saturated rings. The lowest BCUT2D eigenvalue weighted by Crippen LogP contribution is -2.37. The molecule has 0 atom stereocenters. The predicted octanol–water partition coefficient (Wildman–Crippen LogP) is 2.29. The number of carbonyl (C=O) groups excluding carboxylic acids is 2. The van der Waals surface area contributed by atoms with Gasteiger partial charge in [0.05, 0.1) is 12.0 Å². The lowest BCUT2D eigenvalue weighted by molar-refractivity contribution is -0.143. The molecule has 4 heteroatoms. The standard InChI is InChI=1S/C15H23NO3/c1-12(2)13(17)19-11-10-16-9-8-15(14(16)18)6-4-3-5-7-15/h1,3-11H2,2H3. The van der Waals surface area contributed by atoms with Crippen molar-refractivity contribution in [1.82, 2.24) is 4.90 Å². The van der Waals surface area contributed by atoms with Gasteiger partial charge in [-0.25, -0.2) is 4.79 Å². The maximum absolute atomic E-state index is 12.5. The van der Waals surface area contributed by atoms with Crippen LogP contribution >= 0.6 is 0 Å². The van der Waals surface area contributed by atoms with Crippen LogP contribution < -0.4 is 0 Å². The predicted molar refractivity (Wildman–Crippen MR) is 72.5 cm³/mol. The SMILES string of the molecule is C=C(C)C(=O)OCCN1CCC2(CCCCC2)C1=O. The molecule has 2 aliphatic rings. The number of ether oxygens (including phenoxy) is 1. The molecular formula is C15H23NO3. The quantitative estimate of drug-likeness (QED) is 0.579. The molecule has 1 spiro atoms. The van der Waals surface area contributed by atoms with Crippen LogP contribution in [0, 0.1) is 5.41 Å². The molecule has 0 bridgehead atoms. The van der Waals surface area contributed by atoms with Crippen molar-refractivity contribution in [2.75, 3.05) is 19.7 Å². The van der Waals surface area contributed by atoms with E-state index in [2.05, 4.69) is 6.58 Å². The number of carbonyl (C=O) groups is 2. The minimum Gasteiger partial charge on any atom is -0.460 e. The van der Waals surface area contributed by atoms with Crippen LogP contribution in [0.1, 0.15) is 45.4 Å². The van der Waals surface area contributed by atoms with Crippen molar-refractivity contribution in [1.29, 1.82) is 0 Å². The van der Waals surface area contributed by atoms with E-state index in [0.29, 0.717) is 12.1 Å². The minimum absolute atomic E-state index is 0.0867. The van der Waals surface area contributed by atoms with Crippen LogP contribution in [-0.2, 0) is 14.3 Å². The Morgan fingerprint density at radius 3 is 2.63 bits per heavy atom. The average Bonchev–Trinajstić information content (AvgIpc) is 2.69. The molecule has 1 aliphatic heterocycles. The van der Waals surface area contributed by atoms with E-state index in [0.717, 1.165) is 25.8 Å². The Labute approximate surface area is 114 Å². The van der Waals surface area contributed by atoms with E-state index in [1.54, 1.807) is 6.92 Å². The normalized spacial score (nSPS) is 21.7. The summed E-state index contributed by atoms with van der Waals surface area (Å²) < 4.78 is 5.06. The zero-order valence-corrected chi connectivity index (χ0v) is 11.7. The van der Waals surface area contributed by atoms with Crippen LogP contribution in [0.5, 0.6) is 0 Å².